The number of carbonyl (C=O) groups is 1. The van der Waals surface area contributed by atoms with Crippen molar-refractivity contribution in [3.63, 3.8) is 0 Å². The summed E-state index contributed by atoms with van der Waals surface area (Å²) in [6, 6.07) is 3.40. The standard InChI is InChI=1S/C24H34O9/c1-16-10-21-20(30-14-27-3)9-8-18(33-21)7-5-6-17-11-19(29-13-26-2)12-22(31-15-28-4)23(17)24(25)32-16/h5-6,11-12,16,18,20-21H,7-10,13-15H2,1-4H3/b6-5+/t16-,18+,20-,21+/m0/s1. The Morgan fingerprint density at radius 3 is 2.52 bits per heavy atom. The smallest absolute Gasteiger partial charge is 0.342 e. The lowest BCUT2D eigenvalue weighted by molar-refractivity contribution is -0.178. The van der Waals surface area contributed by atoms with Crippen LogP contribution in [0.15, 0.2) is 18.2 Å². The van der Waals surface area contributed by atoms with E-state index in [0.717, 1.165) is 12.8 Å². The molecule has 184 valence electrons. The lowest BCUT2D eigenvalue weighted by Crippen LogP contribution is -2.42. The second-order valence-electron chi connectivity index (χ2n) is 8.06. The van der Waals surface area contributed by atoms with E-state index in [4.69, 9.17) is 37.9 Å². The van der Waals surface area contributed by atoms with E-state index in [2.05, 4.69) is 0 Å². The summed E-state index contributed by atoms with van der Waals surface area (Å²) in [7, 11) is 4.64. The van der Waals surface area contributed by atoms with Gasteiger partial charge in [0.25, 0.3) is 0 Å². The highest BCUT2D eigenvalue weighted by Crippen LogP contribution is 2.34. The number of hydrogen-bond acceptors (Lipinski definition) is 9. The second kappa shape index (κ2) is 12.9. The van der Waals surface area contributed by atoms with Crippen LogP contribution in [0, 0.1) is 0 Å². The summed E-state index contributed by atoms with van der Waals surface area (Å²) in [5.41, 5.74) is 0.944. The summed E-state index contributed by atoms with van der Waals surface area (Å²) in [5, 5.41) is 0. The molecule has 0 spiro atoms. The Bertz CT molecular complexity index is 794. The minimum Gasteiger partial charge on any atom is -0.467 e. The van der Waals surface area contributed by atoms with Gasteiger partial charge in [0, 0.05) is 33.8 Å². The van der Waals surface area contributed by atoms with Crippen molar-refractivity contribution in [3.8, 4) is 11.5 Å². The van der Waals surface area contributed by atoms with Gasteiger partial charge in [0.1, 0.15) is 30.0 Å². The Hall–Kier alpha value is -2.17. The van der Waals surface area contributed by atoms with Gasteiger partial charge in [-0.3, -0.25) is 0 Å². The zero-order valence-electron chi connectivity index (χ0n) is 19.7. The van der Waals surface area contributed by atoms with Crippen LogP contribution in [0.2, 0.25) is 0 Å². The van der Waals surface area contributed by atoms with Crippen LogP contribution >= 0.6 is 0 Å². The number of hydrogen-bond donors (Lipinski definition) is 0. The van der Waals surface area contributed by atoms with Crippen molar-refractivity contribution in [2.45, 2.75) is 57.0 Å². The fraction of sp³-hybridized carbons (Fsp3) is 0.625. The molecule has 2 aliphatic heterocycles. The predicted octanol–water partition coefficient (Wildman–Crippen LogP) is 3.54. The number of methoxy groups -OCH3 is 3. The molecule has 0 N–H and O–H groups in total. The van der Waals surface area contributed by atoms with Crippen molar-refractivity contribution in [3.05, 3.63) is 29.3 Å². The molecule has 33 heavy (non-hydrogen) atoms. The molecule has 1 aromatic rings. The van der Waals surface area contributed by atoms with E-state index < -0.39 is 12.1 Å². The fourth-order valence-corrected chi connectivity index (χ4v) is 4.04. The highest BCUT2D eigenvalue weighted by atomic mass is 16.7. The van der Waals surface area contributed by atoms with Crippen molar-refractivity contribution in [1.82, 2.24) is 0 Å². The third kappa shape index (κ3) is 7.15. The number of carbonyl (C=O) groups excluding carboxylic acids is 1. The van der Waals surface area contributed by atoms with Crippen LogP contribution in [0.25, 0.3) is 6.08 Å². The van der Waals surface area contributed by atoms with Crippen LogP contribution in [0.1, 0.15) is 48.5 Å². The monoisotopic (exact) mass is 466 g/mol. The molecule has 1 aromatic carbocycles. The molecule has 0 aromatic heterocycles. The van der Waals surface area contributed by atoms with Gasteiger partial charge in [0.15, 0.2) is 13.6 Å². The molecule has 2 aliphatic rings. The van der Waals surface area contributed by atoms with Crippen molar-refractivity contribution < 1.29 is 42.7 Å². The van der Waals surface area contributed by atoms with Gasteiger partial charge in [-0.05, 0) is 37.8 Å². The summed E-state index contributed by atoms with van der Waals surface area (Å²) in [6.45, 7) is 2.09. The Morgan fingerprint density at radius 2 is 1.76 bits per heavy atom. The van der Waals surface area contributed by atoms with E-state index in [-0.39, 0.29) is 38.7 Å². The lowest BCUT2D eigenvalue weighted by Gasteiger charge is -2.37. The molecule has 0 aliphatic carbocycles. The fourth-order valence-electron chi connectivity index (χ4n) is 4.04. The minimum absolute atomic E-state index is 0.0246. The van der Waals surface area contributed by atoms with Crippen molar-refractivity contribution in [2.75, 3.05) is 41.7 Å². The molecule has 4 atom stereocenters. The molecule has 9 nitrogen and oxygen atoms in total. The molecule has 2 heterocycles. The van der Waals surface area contributed by atoms with Crippen LogP contribution in [-0.2, 0) is 28.4 Å². The predicted molar refractivity (Wildman–Crippen MR) is 119 cm³/mol. The Kier molecular flexibility index (Phi) is 9.95. The van der Waals surface area contributed by atoms with Gasteiger partial charge in [-0.25, -0.2) is 4.79 Å². The summed E-state index contributed by atoms with van der Waals surface area (Å²) in [5.74, 6) is 0.331. The molecular weight excluding hydrogens is 432 g/mol. The van der Waals surface area contributed by atoms with E-state index in [0.29, 0.717) is 35.5 Å². The average Bonchev–Trinajstić information content (AvgIpc) is 2.79. The first kappa shape index (κ1) is 25.5. The molecule has 0 unspecified atom stereocenters. The number of cyclic esters (lactones) is 1. The third-order valence-electron chi connectivity index (χ3n) is 5.51. The maximum Gasteiger partial charge on any atom is 0.342 e. The molecule has 1 saturated heterocycles. The van der Waals surface area contributed by atoms with Crippen LogP contribution < -0.4 is 9.47 Å². The summed E-state index contributed by atoms with van der Waals surface area (Å²) in [4.78, 5) is 13.2. The number of rotatable bonds is 9. The quantitative estimate of drug-likeness (QED) is 0.400. The minimum atomic E-state index is -0.492. The lowest BCUT2D eigenvalue weighted by atomic mass is 9.95. The van der Waals surface area contributed by atoms with E-state index in [9.17, 15) is 4.79 Å². The summed E-state index contributed by atoms with van der Waals surface area (Å²) in [6.07, 6.45) is 6.16. The largest absolute Gasteiger partial charge is 0.467 e. The van der Waals surface area contributed by atoms with Crippen molar-refractivity contribution in [1.29, 1.82) is 0 Å². The Balaban J connectivity index is 1.92. The van der Waals surface area contributed by atoms with Crippen LogP contribution in [0.5, 0.6) is 11.5 Å². The molecular formula is C24H34O9. The van der Waals surface area contributed by atoms with E-state index in [1.165, 1.54) is 14.2 Å². The van der Waals surface area contributed by atoms with Gasteiger partial charge in [-0.15, -0.1) is 0 Å². The molecule has 0 amide bonds. The highest BCUT2D eigenvalue weighted by Gasteiger charge is 2.34. The Labute approximate surface area is 194 Å². The molecule has 0 radical (unpaired) electrons. The van der Waals surface area contributed by atoms with Crippen molar-refractivity contribution >= 4 is 12.0 Å². The molecule has 9 heteroatoms. The molecule has 2 bridgehead atoms. The van der Waals surface area contributed by atoms with Gasteiger partial charge in [-0.1, -0.05) is 12.2 Å². The average molecular weight is 467 g/mol. The first-order valence-electron chi connectivity index (χ1n) is 11.1. The van der Waals surface area contributed by atoms with Gasteiger partial charge in [0.05, 0.1) is 18.3 Å². The number of benzene rings is 1. The normalized spacial score (nSPS) is 26.4. The van der Waals surface area contributed by atoms with Gasteiger partial charge in [0.2, 0.25) is 0 Å². The van der Waals surface area contributed by atoms with Gasteiger partial charge in [-0.2, -0.15) is 0 Å². The summed E-state index contributed by atoms with van der Waals surface area (Å²) >= 11 is 0. The molecule has 0 saturated carbocycles. The topological polar surface area (TPSA) is 90.9 Å². The van der Waals surface area contributed by atoms with Crippen LogP contribution in [-0.4, -0.2) is 72.1 Å². The number of fused-ring (bicyclic) bond motifs is 3. The van der Waals surface area contributed by atoms with Crippen LogP contribution in [0.3, 0.4) is 0 Å². The highest BCUT2D eigenvalue weighted by molar-refractivity contribution is 5.97. The number of ether oxygens (including phenoxy) is 8. The zero-order valence-corrected chi connectivity index (χ0v) is 19.7. The first-order chi connectivity index (χ1) is 16.0. The van der Waals surface area contributed by atoms with Gasteiger partial charge < -0.3 is 37.9 Å². The SMILES string of the molecule is COCOc1cc2c(c(OCOC)c1)C(=O)O[C@@H](C)C[C@H]1O[C@H](C/C=C/2)CC[C@@H]1OCOC. The van der Waals surface area contributed by atoms with Gasteiger partial charge >= 0.3 is 5.97 Å². The number of esters is 1. The maximum atomic E-state index is 13.2. The molecule has 1 fully saturated rings. The Morgan fingerprint density at radius 1 is 1.00 bits per heavy atom. The molecule has 3 rings (SSSR count). The maximum absolute atomic E-state index is 13.2. The van der Waals surface area contributed by atoms with E-state index >= 15 is 0 Å². The summed E-state index contributed by atoms with van der Waals surface area (Å²) < 4.78 is 44.4. The van der Waals surface area contributed by atoms with Crippen molar-refractivity contribution in [2.24, 2.45) is 0 Å². The van der Waals surface area contributed by atoms with Crippen LogP contribution in [0.4, 0.5) is 0 Å². The van der Waals surface area contributed by atoms with E-state index in [1.807, 2.05) is 19.1 Å². The second-order valence-corrected chi connectivity index (χ2v) is 8.06. The van der Waals surface area contributed by atoms with E-state index in [1.54, 1.807) is 19.2 Å². The third-order valence-corrected chi connectivity index (χ3v) is 5.51. The zero-order chi connectivity index (χ0) is 23.6. The first-order valence-corrected chi connectivity index (χ1v) is 11.1.